The van der Waals surface area contributed by atoms with Gasteiger partial charge in [0.1, 0.15) is 24.1 Å². The summed E-state index contributed by atoms with van der Waals surface area (Å²) in [5.41, 5.74) is -1.75. The van der Waals surface area contributed by atoms with Gasteiger partial charge in [0.05, 0.1) is 12.2 Å². The Morgan fingerprint density at radius 3 is 2.81 bits per heavy atom. The molecule has 2 aliphatic rings. The largest absolute Gasteiger partial charge is 0.490 e. The number of piperidine rings is 1. The minimum Gasteiger partial charge on any atom is -0.490 e. The van der Waals surface area contributed by atoms with Crippen LogP contribution in [0.15, 0.2) is 6.07 Å². The van der Waals surface area contributed by atoms with Gasteiger partial charge >= 0.3 is 6.09 Å². The second-order valence-electron chi connectivity index (χ2n) is 6.46. The highest BCUT2D eigenvalue weighted by molar-refractivity contribution is 5.94. The number of carbonyl (C=O) groups is 2. The Labute approximate surface area is 147 Å². The van der Waals surface area contributed by atoms with Crippen LogP contribution < -0.4 is 10.1 Å². The maximum absolute atomic E-state index is 13.9. The van der Waals surface area contributed by atoms with Crippen molar-refractivity contribution in [2.75, 3.05) is 25.0 Å². The van der Waals surface area contributed by atoms with Crippen LogP contribution in [0.25, 0.3) is 0 Å². The monoisotopic (exact) mass is 372 g/mol. The number of halogens is 2. The maximum Gasteiger partial charge on any atom is 0.407 e. The fourth-order valence-electron chi connectivity index (χ4n) is 3.10. The molecule has 1 fully saturated rings. The van der Waals surface area contributed by atoms with Crippen LogP contribution in [0.4, 0.5) is 19.3 Å². The molecule has 2 heterocycles. The Balaban J connectivity index is 1.78. The van der Waals surface area contributed by atoms with Crippen molar-refractivity contribution in [3.8, 4) is 5.75 Å². The Morgan fingerprint density at radius 2 is 2.15 bits per heavy atom. The lowest BCUT2D eigenvalue weighted by atomic mass is 9.89. The Bertz CT molecular complexity index is 759. The van der Waals surface area contributed by atoms with E-state index in [1.165, 1.54) is 0 Å². The van der Waals surface area contributed by atoms with Gasteiger partial charge in [0.25, 0.3) is 0 Å². The number of hydrogen-bond acceptors (Lipinski definition) is 5. The standard InChI is InChI=1S/C16H18F2N2O6/c17-9-5-10(8-1-2-12(22)19-14(8)13(9)18)26-7-16(25)3-4-20(15(23)24)6-11(16)21/h5,11,21,25H,1-4,6-7H2,(H,19,22)(H,23,24). The van der Waals surface area contributed by atoms with Crippen LogP contribution in [0.2, 0.25) is 0 Å². The topological polar surface area (TPSA) is 119 Å². The molecule has 0 aromatic heterocycles. The van der Waals surface area contributed by atoms with Gasteiger partial charge in [-0.05, 0) is 12.8 Å². The summed E-state index contributed by atoms with van der Waals surface area (Å²) >= 11 is 0. The molecule has 2 amide bonds. The number of amides is 2. The van der Waals surface area contributed by atoms with Crippen LogP contribution in [0.3, 0.4) is 0 Å². The third kappa shape index (κ3) is 3.29. The molecule has 1 saturated heterocycles. The molecule has 8 nitrogen and oxygen atoms in total. The first kappa shape index (κ1) is 18.3. The molecule has 26 heavy (non-hydrogen) atoms. The van der Waals surface area contributed by atoms with Crippen molar-refractivity contribution < 1.29 is 38.4 Å². The lowest BCUT2D eigenvalue weighted by Crippen LogP contribution is -2.59. The average Bonchev–Trinajstić information content (AvgIpc) is 2.59. The predicted molar refractivity (Wildman–Crippen MR) is 84.0 cm³/mol. The number of benzene rings is 1. The van der Waals surface area contributed by atoms with E-state index in [0.717, 1.165) is 11.0 Å². The third-order valence-electron chi connectivity index (χ3n) is 4.73. The summed E-state index contributed by atoms with van der Waals surface area (Å²) in [4.78, 5) is 23.3. The summed E-state index contributed by atoms with van der Waals surface area (Å²) < 4.78 is 33.1. The summed E-state index contributed by atoms with van der Waals surface area (Å²) in [5.74, 6) is -2.88. The van der Waals surface area contributed by atoms with Crippen molar-refractivity contribution in [2.45, 2.75) is 31.0 Å². The van der Waals surface area contributed by atoms with Crippen LogP contribution in [0.5, 0.6) is 5.75 Å². The van der Waals surface area contributed by atoms with Crippen molar-refractivity contribution >= 4 is 17.7 Å². The van der Waals surface area contributed by atoms with Gasteiger partial charge in [-0.1, -0.05) is 0 Å². The highest BCUT2D eigenvalue weighted by atomic mass is 19.2. The van der Waals surface area contributed by atoms with E-state index < -0.39 is 41.9 Å². The normalized spacial score (nSPS) is 25.5. The zero-order valence-electron chi connectivity index (χ0n) is 13.7. The number of aliphatic hydroxyl groups is 2. The third-order valence-corrected chi connectivity index (χ3v) is 4.73. The van der Waals surface area contributed by atoms with E-state index in [-0.39, 0.29) is 49.4 Å². The minimum absolute atomic E-state index is 0.00179. The number of ether oxygens (including phenoxy) is 1. The number of anilines is 1. The molecule has 2 aliphatic heterocycles. The number of hydrogen-bond donors (Lipinski definition) is 4. The molecule has 0 spiro atoms. The fraction of sp³-hybridized carbons (Fsp3) is 0.500. The molecule has 2 unspecified atom stereocenters. The van der Waals surface area contributed by atoms with Gasteiger partial charge in [-0.15, -0.1) is 0 Å². The fourth-order valence-corrected chi connectivity index (χ4v) is 3.10. The van der Waals surface area contributed by atoms with E-state index in [2.05, 4.69) is 5.32 Å². The molecule has 0 radical (unpaired) electrons. The molecule has 1 aromatic rings. The first-order valence-corrected chi connectivity index (χ1v) is 8.03. The lowest BCUT2D eigenvalue weighted by molar-refractivity contribution is -0.132. The summed E-state index contributed by atoms with van der Waals surface area (Å²) in [5, 5.41) is 31.8. The Kier molecular flexibility index (Phi) is 4.72. The van der Waals surface area contributed by atoms with Crippen molar-refractivity contribution in [3.05, 3.63) is 23.3 Å². The maximum atomic E-state index is 13.9. The van der Waals surface area contributed by atoms with E-state index in [1.807, 2.05) is 0 Å². The Morgan fingerprint density at radius 1 is 1.42 bits per heavy atom. The average molecular weight is 372 g/mol. The van der Waals surface area contributed by atoms with Gasteiger partial charge in [0.15, 0.2) is 11.6 Å². The Hall–Kier alpha value is -2.46. The van der Waals surface area contributed by atoms with E-state index in [1.54, 1.807) is 0 Å². The molecule has 3 rings (SSSR count). The van der Waals surface area contributed by atoms with E-state index >= 15 is 0 Å². The molecule has 0 bridgehead atoms. The van der Waals surface area contributed by atoms with Crippen LogP contribution >= 0.6 is 0 Å². The van der Waals surface area contributed by atoms with Crippen LogP contribution in [-0.4, -0.2) is 63.6 Å². The van der Waals surface area contributed by atoms with Gasteiger partial charge in [-0.3, -0.25) is 4.79 Å². The number of nitrogens with zero attached hydrogens (tertiary/aromatic N) is 1. The summed E-state index contributed by atoms with van der Waals surface area (Å²) in [6.45, 7) is -0.730. The number of rotatable bonds is 3. The van der Waals surface area contributed by atoms with E-state index in [9.17, 15) is 28.6 Å². The highest BCUT2D eigenvalue weighted by Crippen LogP contribution is 2.36. The molecule has 0 saturated carbocycles. The first-order chi connectivity index (χ1) is 12.2. The molecule has 10 heteroatoms. The molecular formula is C16H18F2N2O6. The van der Waals surface area contributed by atoms with Gasteiger partial charge in [0.2, 0.25) is 5.91 Å². The lowest BCUT2D eigenvalue weighted by Gasteiger charge is -2.40. The zero-order valence-corrected chi connectivity index (χ0v) is 13.7. The van der Waals surface area contributed by atoms with E-state index in [0.29, 0.717) is 0 Å². The number of nitrogens with one attached hydrogen (secondary N) is 1. The zero-order chi connectivity index (χ0) is 19.1. The van der Waals surface area contributed by atoms with Gasteiger partial charge in [-0.25, -0.2) is 13.6 Å². The van der Waals surface area contributed by atoms with Crippen LogP contribution in [-0.2, 0) is 11.2 Å². The molecular weight excluding hydrogens is 354 g/mol. The van der Waals surface area contributed by atoms with Crippen LogP contribution in [0.1, 0.15) is 18.4 Å². The number of aliphatic hydroxyl groups excluding tert-OH is 1. The van der Waals surface area contributed by atoms with Crippen molar-refractivity contribution in [3.63, 3.8) is 0 Å². The second-order valence-corrected chi connectivity index (χ2v) is 6.46. The number of carboxylic acid groups (broad SMARTS) is 1. The molecule has 2 atom stereocenters. The molecule has 0 aliphatic carbocycles. The van der Waals surface area contributed by atoms with Gasteiger partial charge in [-0.2, -0.15) is 0 Å². The van der Waals surface area contributed by atoms with Crippen LogP contribution in [0, 0.1) is 11.6 Å². The summed E-state index contributed by atoms with van der Waals surface area (Å²) in [7, 11) is 0. The molecule has 1 aromatic carbocycles. The quantitative estimate of drug-likeness (QED) is 0.620. The van der Waals surface area contributed by atoms with Gasteiger partial charge in [0, 0.05) is 24.6 Å². The van der Waals surface area contributed by atoms with Crippen molar-refractivity contribution in [1.29, 1.82) is 0 Å². The first-order valence-electron chi connectivity index (χ1n) is 8.03. The summed E-state index contributed by atoms with van der Waals surface area (Å²) in [6.07, 6.45) is -2.47. The SMILES string of the molecule is O=C1CCc2c(OCC3(O)CCN(C(=O)O)CC3O)cc(F)c(F)c2N1. The second kappa shape index (κ2) is 6.69. The number of likely N-dealkylation sites (tertiary alicyclic amines) is 1. The van der Waals surface area contributed by atoms with E-state index in [4.69, 9.17) is 9.84 Å². The summed E-state index contributed by atoms with van der Waals surface area (Å²) in [6, 6.07) is 0.827. The van der Waals surface area contributed by atoms with Crippen molar-refractivity contribution in [2.24, 2.45) is 0 Å². The smallest absolute Gasteiger partial charge is 0.407 e. The molecule has 4 N–H and O–H groups in total. The number of carbonyl (C=O) groups excluding carboxylic acids is 1. The minimum atomic E-state index is -1.73. The molecule has 142 valence electrons. The highest BCUT2D eigenvalue weighted by Gasteiger charge is 2.43. The van der Waals surface area contributed by atoms with Crippen molar-refractivity contribution in [1.82, 2.24) is 4.90 Å². The predicted octanol–water partition coefficient (Wildman–Crippen LogP) is 0.704. The number of fused-ring (bicyclic) bond motifs is 1. The number of β-amino-alcohol motifs (C(OH)–C–C–N with tert-alkyl or cyclic N) is 1. The van der Waals surface area contributed by atoms with Gasteiger partial charge < -0.3 is 30.3 Å².